The fourth-order valence-electron chi connectivity index (χ4n) is 1.68. The van der Waals surface area contributed by atoms with Crippen LogP contribution >= 0.6 is 15.9 Å². The minimum Gasteiger partial charge on any atom is -0.355 e. The van der Waals surface area contributed by atoms with Gasteiger partial charge in [-0.2, -0.15) is 5.26 Å². The number of nitriles is 1. The lowest BCUT2D eigenvalue weighted by Gasteiger charge is -2.19. The molecule has 0 aliphatic rings. The highest BCUT2D eigenvalue weighted by Gasteiger charge is 2.13. The summed E-state index contributed by atoms with van der Waals surface area (Å²) >= 11 is 3.37. The van der Waals surface area contributed by atoms with Crippen molar-refractivity contribution in [3.8, 4) is 6.07 Å². The molecule has 0 radical (unpaired) electrons. The summed E-state index contributed by atoms with van der Waals surface area (Å²) in [5.74, 6) is 0.724. The largest absolute Gasteiger partial charge is 0.355 e. The van der Waals surface area contributed by atoms with Gasteiger partial charge in [0.05, 0.1) is 12.0 Å². The highest BCUT2D eigenvalue weighted by molar-refractivity contribution is 9.10. The summed E-state index contributed by atoms with van der Waals surface area (Å²) in [4.78, 5) is 10.6. The number of rotatable bonds is 3. The topological polar surface area (TPSA) is 57.2 Å². The molecule has 2 aromatic rings. The molecule has 6 heteroatoms. The minimum atomic E-state index is -0.0456. The van der Waals surface area contributed by atoms with Gasteiger partial charge < -0.3 is 9.30 Å². The van der Waals surface area contributed by atoms with Gasteiger partial charge in [0.1, 0.15) is 4.60 Å². The summed E-state index contributed by atoms with van der Waals surface area (Å²) in [6, 6.07) is 2.21. The molecular formula is C11H12BrN5. The molecule has 0 aliphatic carbocycles. The zero-order chi connectivity index (χ0) is 12.4. The molecule has 1 unspecified atom stereocenters. The van der Waals surface area contributed by atoms with Crippen LogP contribution in [0, 0.1) is 17.2 Å². The van der Waals surface area contributed by atoms with Gasteiger partial charge in [0.15, 0.2) is 11.5 Å². The van der Waals surface area contributed by atoms with Crippen molar-refractivity contribution >= 4 is 27.4 Å². The first-order chi connectivity index (χ1) is 8.11. The Bertz CT molecular complexity index is 571. The fourth-order valence-corrected chi connectivity index (χ4v) is 2.07. The second kappa shape index (κ2) is 4.72. The molecule has 2 heterocycles. The third-order valence-electron chi connectivity index (χ3n) is 2.46. The number of imidazole rings is 1. The van der Waals surface area contributed by atoms with E-state index in [1.165, 1.54) is 0 Å². The van der Waals surface area contributed by atoms with Crippen LogP contribution in [-0.4, -0.2) is 28.0 Å². The Hall–Kier alpha value is -1.61. The zero-order valence-electron chi connectivity index (χ0n) is 9.63. The molecule has 2 rings (SSSR count). The fraction of sp³-hybridized carbons (Fsp3) is 0.364. The first kappa shape index (κ1) is 11.9. The van der Waals surface area contributed by atoms with Crippen LogP contribution in [0.15, 0.2) is 23.2 Å². The summed E-state index contributed by atoms with van der Waals surface area (Å²) in [7, 11) is 1.91. The van der Waals surface area contributed by atoms with Crippen LogP contribution in [-0.2, 0) is 0 Å². The Labute approximate surface area is 108 Å². The average molecular weight is 294 g/mol. The highest BCUT2D eigenvalue weighted by Crippen LogP contribution is 2.20. The van der Waals surface area contributed by atoms with Crippen LogP contribution in [0.1, 0.15) is 6.92 Å². The lowest BCUT2D eigenvalue weighted by Crippen LogP contribution is -2.25. The van der Waals surface area contributed by atoms with Crippen LogP contribution in [0.4, 0.5) is 5.82 Å². The average Bonchev–Trinajstić information content (AvgIpc) is 2.75. The van der Waals surface area contributed by atoms with Crippen molar-refractivity contribution < 1.29 is 0 Å². The molecule has 0 spiro atoms. The Morgan fingerprint density at radius 2 is 2.41 bits per heavy atom. The lowest BCUT2D eigenvalue weighted by atomic mass is 10.2. The van der Waals surface area contributed by atoms with Gasteiger partial charge in [0.2, 0.25) is 0 Å². The summed E-state index contributed by atoms with van der Waals surface area (Å²) in [6.07, 6.45) is 5.45. The Morgan fingerprint density at radius 1 is 1.65 bits per heavy atom. The van der Waals surface area contributed by atoms with E-state index in [9.17, 15) is 0 Å². The van der Waals surface area contributed by atoms with Gasteiger partial charge in [-0.15, -0.1) is 0 Å². The van der Waals surface area contributed by atoms with E-state index in [2.05, 4.69) is 32.0 Å². The molecular weight excluding hydrogens is 282 g/mol. The second-order valence-electron chi connectivity index (χ2n) is 3.96. The predicted molar refractivity (Wildman–Crippen MR) is 68.7 cm³/mol. The molecule has 5 nitrogen and oxygen atoms in total. The van der Waals surface area contributed by atoms with E-state index in [1.54, 1.807) is 6.20 Å². The second-order valence-corrected chi connectivity index (χ2v) is 4.77. The van der Waals surface area contributed by atoms with E-state index in [0.717, 1.165) is 16.1 Å². The molecule has 0 amide bonds. The van der Waals surface area contributed by atoms with Crippen LogP contribution in [0.2, 0.25) is 0 Å². The molecule has 17 heavy (non-hydrogen) atoms. The van der Waals surface area contributed by atoms with E-state index in [1.807, 2.05) is 35.7 Å². The Balaban J connectivity index is 2.40. The Morgan fingerprint density at radius 3 is 3.12 bits per heavy atom. The summed E-state index contributed by atoms with van der Waals surface area (Å²) in [5, 5.41) is 8.83. The number of hydrogen-bond acceptors (Lipinski definition) is 4. The highest BCUT2D eigenvalue weighted by atomic mass is 79.9. The number of anilines is 1. The number of nitrogens with zero attached hydrogens (tertiary/aromatic N) is 5. The van der Waals surface area contributed by atoms with E-state index in [-0.39, 0.29) is 5.92 Å². The van der Waals surface area contributed by atoms with Crippen molar-refractivity contribution in [2.75, 3.05) is 18.5 Å². The van der Waals surface area contributed by atoms with Crippen LogP contribution in [0.3, 0.4) is 0 Å². The smallest absolute Gasteiger partial charge is 0.180 e. The standard InChI is InChI=1S/C11H12BrN5/c1-8(5-13)6-16(2)11-10-14-3-4-17(10)7-9(12)15-11/h3-4,7-8H,6H2,1-2H3. The number of fused-ring (bicyclic) bond motifs is 1. The number of halogens is 1. The molecule has 2 aromatic heterocycles. The van der Waals surface area contributed by atoms with Crippen LogP contribution in [0.25, 0.3) is 5.65 Å². The van der Waals surface area contributed by atoms with E-state index >= 15 is 0 Å². The summed E-state index contributed by atoms with van der Waals surface area (Å²) in [6.45, 7) is 2.51. The SMILES string of the molecule is CC(C#N)CN(C)c1nc(Br)cn2ccnc12. The molecule has 0 aliphatic heterocycles. The lowest BCUT2D eigenvalue weighted by molar-refractivity contribution is 0.709. The quantitative estimate of drug-likeness (QED) is 0.869. The molecule has 0 saturated heterocycles. The molecule has 88 valence electrons. The van der Waals surface area contributed by atoms with Crippen molar-refractivity contribution in [3.05, 3.63) is 23.2 Å². The summed E-state index contributed by atoms with van der Waals surface area (Å²) < 4.78 is 2.65. The summed E-state index contributed by atoms with van der Waals surface area (Å²) in [5.41, 5.74) is 0.792. The normalized spacial score (nSPS) is 12.4. The molecule has 0 saturated carbocycles. The zero-order valence-corrected chi connectivity index (χ0v) is 11.2. The van der Waals surface area contributed by atoms with Crippen LogP contribution < -0.4 is 4.90 Å². The first-order valence-electron chi connectivity index (χ1n) is 5.21. The van der Waals surface area contributed by atoms with Crippen molar-refractivity contribution in [1.29, 1.82) is 5.26 Å². The monoisotopic (exact) mass is 293 g/mol. The maximum Gasteiger partial charge on any atom is 0.180 e. The van der Waals surface area contributed by atoms with Gasteiger partial charge in [0.25, 0.3) is 0 Å². The van der Waals surface area contributed by atoms with Crippen molar-refractivity contribution in [1.82, 2.24) is 14.4 Å². The third kappa shape index (κ3) is 2.39. The predicted octanol–water partition coefficient (Wildman–Crippen LogP) is 2.09. The molecule has 0 N–H and O–H groups in total. The van der Waals surface area contributed by atoms with Gasteiger partial charge in [-0.1, -0.05) is 0 Å². The number of aromatic nitrogens is 3. The van der Waals surface area contributed by atoms with Crippen molar-refractivity contribution in [3.63, 3.8) is 0 Å². The van der Waals surface area contributed by atoms with Gasteiger partial charge in [-0.05, 0) is 22.9 Å². The van der Waals surface area contributed by atoms with Gasteiger partial charge in [-0.25, -0.2) is 9.97 Å². The minimum absolute atomic E-state index is 0.0456. The first-order valence-corrected chi connectivity index (χ1v) is 6.01. The van der Waals surface area contributed by atoms with E-state index < -0.39 is 0 Å². The molecule has 0 fully saturated rings. The maximum atomic E-state index is 8.83. The van der Waals surface area contributed by atoms with E-state index in [0.29, 0.717) is 6.54 Å². The Kier molecular flexibility index (Phi) is 3.29. The third-order valence-corrected chi connectivity index (χ3v) is 2.84. The van der Waals surface area contributed by atoms with Crippen molar-refractivity contribution in [2.24, 2.45) is 5.92 Å². The maximum absolute atomic E-state index is 8.83. The van der Waals surface area contributed by atoms with Crippen molar-refractivity contribution in [2.45, 2.75) is 6.92 Å². The molecule has 0 bridgehead atoms. The van der Waals surface area contributed by atoms with Gasteiger partial charge in [-0.3, -0.25) is 0 Å². The van der Waals surface area contributed by atoms with Crippen LogP contribution in [0.5, 0.6) is 0 Å². The molecule has 1 atom stereocenters. The number of hydrogen-bond donors (Lipinski definition) is 0. The van der Waals surface area contributed by atoms with Gasteiger partial charge >= 0.3 is 0 Å². The van der Waals surface area contributed by atoms with E-state index in [4.69, 9.17) is 5.26 Å². The molecule has 0 aromatic carbocycles. The van der Waals surface area contributed by atoms with Gasteiger partial charge in [0, 0.05) is 32.2 Å².